The van der Waals surface area contributed by atoms with Gasteiger partial charge in [-0.3, -0.25) is 4.79 Å². The van der Waals surface area contributed by atoms with Crippen molar-refractivity contribution >= 4 is 5.97 Å². The normalized spacial score (nSPS) is 13.5. The summed E-state index contributed by atoms with van der Waals surface area (Å²) in [7, 11) is 4.37. The summed E-state index contributed by atoms with van der Waals surface area (Å²) in [6.45, 7) is 1.43. The molecule has 6 nitrogen and oxygen atoms in total. The number of aliphatic hydroxyl groups is 1. The second-order valence-electron chi connectivity index (χ2n) is 4.03. The molecule has 2 N–H and O–H groups in total. The highest BCUT2D eigenvalue weighted by molar-refractivity contribution is 5.70. The molecule has 0 fully saturated rings. The van der Waals surface area contributed by atoms with Crippen molar-refractivity contribution in [3.63, 3.8) is 0 Å². The summed E-state index contributed by atoms with van der Waals surface area (Å²) in [5, 5.41) is 19.0. The maximum atomic E-state index is 10.9. The van der Waals surface area contributed by atoms with Crippen LogP contribution in [0.2, 0.25) is 0 Å². The highest BCUT2D eigenvalue weighted by atomic mass is 16.5. The summed E-state index contributed by atoms with van der Waals surface area (Å²) in [6, 6.07) is 3.07. The van der Waals surface area contributed by atoms with Crippen molar-refractivity contribution in [1.29, 1.82) is 0 Å². The van der Waals surface area contributed by atoms with Gasteiger partial charge in [-0.15, -0.1) is 0 Å². The molecule has 6 heteroatoms. The minimum absolute atomic E-state index is 0.369. The average Bonchev–Trinajstić information content (AvgIpc) is 2.43. The van der Waals surface area contributed by atoms with Crippen molar-refractivity contribution in [1.82, 2.24) is 0 Å². The molecule has 0 aromatic heterocycles. The van der Waals surface area contributed by atoms with E-state index < -0.39 is 18.0 Å². The van der Waals surface area contributed by atoms with Gasteiger partial charge >= 0.3 is 5.97 Å². The number of methoxy groups -OCH3 is 3. The van der Waals surface area contributed by atoms with Gasteiger partial charge in [-0.2, -0.15) is 0 Å². The third-order valence-electron chi connectivity index (χ3n) is 2.89. The van der Waals surface area contributed by atoms with E-state index in [1.165, 1.54) is 40.4 Å². The molecule has 0 aliphatic heterocycles. The molecule has 0 saturated heterocycles. The van der Waals surface area contributed by atoms with Crippen LogP contribution in [0, 0.1) is 5.92 Å². The zero-order valence-corrected chi connectivity index (χ0v) is 11.3. The molecular weight excluding hydrogens is 252 g/mol. The lowest BCUT2D eigenvalue weighted by atomic mass is 9.97. The van der Waals surface area contributed by atoms with Crippen LogP contribution >= 0.6 is 0 Å². The van der Waals surface area contributed by atoms with Crippen molar-refractivity contribution in [2.45, 2.75) is 13.0 Å². The smallest absolute Gasteiger partial charge is 0.309 e. The number of hydrogen-bond donors (Lipinski definition) is 2. The second kappa shape index (κ2) is 6.29. The Balaban J connectivity index is 3.26. The van der Waals surface area contributed by atoms with Crippen LogP contribution in [0.15, 0.2) is 12.1 Å². The topological polar surface area (TPSA) is 85.2 Å². The zero-order valence-electron chi connectivity index (χ0n) is 11.3. The molecular formula is C13H18O6. The van der Waals surface area contributed by atoms with E-state index in [1.54, 1.807) is 0 Å². The van der Waals surface area contributed by atoms with Crippen molar-refractivity contribution in [3.05, 3.63) is 17.7 Å². The van der Waals surface area contributed by atoms with Gasteiger partial charge in [-0.25, -0.2) is 0 Å². The van der Waals surface area contributed by atoms with Crippen LogP contribution in [-0.4, -0.2) is 37.5 Å². The number of aliphatic carboxylic acids is 1. The maximum Gasteiger partial charge on any atom is 0.309 e. The van der Waals surface area contributed by atoms with Gasteiger partial charge in [0.1, 0.15) is 0 Å². The molecule has 0 saturated carbocycles. The lowest BCUT2D eigenvalue weighted by Gasteiger charge is -2.19. The van der Waals surface area contributed by atoms with Crippen molar-refractivity contribution in [2.75, 3.05) is 21.3 Å². The predicted molar refractivity (Wildman–Crippen MR) is 67.9 cm³/mol. The van der Waals surface area contributed by atoms with Crippen LogP contribution in [0.4, 0.5) is 0 Å². The summed E-state index contributed by atoms with van der Waals surface area (Å²) in [6.07, 6.45) is -1.16. The third-order valence-corrected chi connectivity index (χ3v) is 2.89. The Labute approximate surface area is 111 Å². The molecule has 106 valence electrons. The first kappa shape index (κ1) is 15.1. The van der Waals surface area contributed by atoms with E-state index >= 15 is 0 Å². The van der Waals surface area contributed by atoms with Crippen molar-refractivity contribution < 1.29 is 29.2 Å². The molecule has 2 unspecified atom stereocenters. The van der Waals surface area contributed by atoms with Gasteiger partial charge in [0, 0.05) is 0 Å². The number of benzene rings is 1. The van der Waals surface area contributed by atoms with E-state index in [1.807, 2.05) is 0 Å². The average molecular weight is 270 g/mol. The lowest BCUT2D eigenvalue weighted by Crippen LogP contribution is -2.18. The largest absolute Gasteiger partial charge is 0.493 e. The molecule has 1 aromatic carbocycles. The number of carbonyl (C=O) groups is 1. The molecule has 0 bridgehead atoms. The first-order valence-corrected chi connectivity index (χ1v) is 5.67. The summed E-state index contributed by atoms with van der Waals surface area (Å²) >= 11 is 0. The van der Waals surface area contributed by atoms with Gasteiger partial charge in [-0.1, -0.05) is 0 Å². The summed E-state index contributed by atoms with van der Waals surface area (Å²) in [5.74, 6) is -0.894. The Bertz CT molecular complexity index is 431. The van der Waals surface area contributed by atoms with Gasteiger partial charge in [0.25, 0.3) is 0 Å². The minimum Gasteiger partial charge on any atom is -0.493 e. The SMILES string of the molecule is COc1cc(C(O)C(C)C(=O)O)cc(OC)c1OC. The zero-order chi connectivity index (χ0) is 14.6. The van der Waals surface area contributed by atoms with Crippen LogP contribution < -0.4 is 14.2 Å². The van der Waals surface area contributed by atoms with Crippen LogP contribution in [-0.2, 0) is 4.79 Å². The first-order chi connectivity index (χ1) is 8.96. The number of ether oxygens (including phenoxy) is 3. The van der Waals surface area contributed by atoms with Crippen molar-refractivity contribution in [2.24, 2.45) is 5.92 Å². The van der Waals surface area contributed by atoms with E-state index in [9.17, 15) is 9.90 Å². The Kier molecular flexibility index (Phi) is 5.00. The summed E-state index contributed by atoms with van der Waals surface area (Å²) < 4.78 is 15.4. The Morgan fingerprint density at radius 1 is 1.11 bits per heavy atom. The highest BCUT2D eigenvalue weighted by Gasteiger charge is 2.25. The lowest BCUT2D eigenvalue weighted by molar-refractivity contribution is -0.145. The molecule has 0 heterocycles. The van der Waals surface area contributed by atoms with E-state index in [4.69, 9.17) is 19.3 Å². The molecule has 2 atom stereocenters. The molecule has 0 amide bonds. The fourth-order valence-electron chi connectivity index (χ4n) is 1.70. The number of aliphatic hydroxyl groups excluding tert-OH is 1. The van der Waals surface area contributed by atoms with Crippen LogP contribution in [0.1, 0.15) is 18.6 Å². The van der Waals surface area contributed by atoms with E-state index in [2.05, 4.69) is 0 Å². The maximum absolute atomic E-state index is 10.9. The third kappa shape index (κ3) is 3.08. The molecule has 0 aliphatic carbocycles. The number of carboxylic acids is 1. The highest BCUT2D eigenvalue weighted by Crippen LogP contribution is 2.40. The Morgan fingerprint density at radius 2 is 1.58 bits per heavy atom. The number of carboxylic acid groups (broad SMARTS) is 1. The van der Waals surface area contributed by atoms with Crippen LogP contribution in [0.25, 0.3) is 0 Å². The van der Waals surface area contributed by atoms with Gasteiger partial charge in [-0.05, 0) is 24.6 Å². The van der Waals surface area contributed by atoms with Crippen LogP contribution in [0.5, 0.6) is 17.2 Å². The first-order valence-electron chi connectivity index (χ1n) is 5.67. The molecule has 19 heavy (non-hydrogen) atoms. The summed E-state index contributed by atoms with van der Waals surface area (Å²) in [4.78, 5) is 10.9. The monoisotopic (exact) mass is 270 g/mol. The molecule has 0 spiro atoms. The fraction of sp³-hybridized carbons (Fsp3) is 0.462. The van der Waals surface area contributed by atoms with E-state index in [-0.39, 0.29) is 0 Å². The molecule has 0 radical (unpaired) electrons. The van der Waals surface area contributed by atoms with Gasteiger partial charge in [0.15, 0.2) is 11.5 Å². The van der Waals surface area contributed by atoms with E-state index in [0.717, 1.165) is 0 Å². The van der Waals surface area contributed by atoms with Crippen LogP contribution in [0.3, 0.4) is 0 Å². The van der Waals surface area contributed by atoms with Gasteiger partial charge in [0.2, 0.25) is 5.75 Å². The molecule has 1 rings (SSSR count). The number of rotatable bonds is 6. The standard InChI is InChI=1S/C13H18O6/c1-7(13(15)16)11(14)8-5-9(17-2)12(19-4)10(6-8)18-3/h5-7,11,14H,1-4H3,(H,15,16). The fourth-order valence-corrected chi connectivity index (χ4v) is 1.70. The Morgan fingerprint density at radius 3 is 1.89 bits per heavy atom. The van der Waals surface area contributed by atoms with Crippen molar-refractivity contribution in [3.8, 4) is 17.2 Å². The Hall–Kier alpha value is -1.95. The van der Waals surface area contributed by atoms with Gasteiger partial charge in [0.05, 0.1) is 33.4 Å². The van der Waals surface area contributed by atoms with E-state index in [0.29, 0.717) is 22.8 Å². The van der Waals surface area contributed by atoms with Gasteiger partial charge < -0.3 is 24.4 Å². The molecule has 1 aromatic rings. The predicted octanol–water partition coefficient (Wildman–Crippen LogP) is 1.47. The summed E-state index contributed by atoms with van der Waals surface area (Å²) in [5.41, 5.74) is 0.393. The molecule has 0 aliphatic rings. The quantitative estimate of drug-likeness (QED) is 0.814. The minimum atomic E-state index is -1.16. The second-order valence-corrected chi connectivity index (χ2v) is 4.03. The number of hydrogen-bond acceptors (Lipinski definition) is 5.